The average Bonchev–Trinajstić information content (AvgIpc) is 2.92. The van der Waals surface area contributed by atoms with Crippen LogP contribution in [0.3, 0.4) is 0 Å². The number of aryl methyl sites for hydroxylation is 1. The third-order valence-electron chi connectivity index (χ3n) is 6.69. The van der Waals surface area contributed by atoms with E-state index < -0.39 is 11.7 Å². The third kappa shape index (κ3) is 7.44. The number of piperazine rings is 1. The van der Waals surface area contributed by atoms with Gasteiger partial charge < -0.3 is 15.1 Å². The summed E-state index contributed by atoms with van der Waals surface area (Å²) in [7, 11) is 0. The number of nitrogens with zero attached hydrogens (tertiary/aromatic N) is 4. The molecule has 1 amide bonds. The van der Waals surface area contributed by atoms with Crippen molar-refractivity contribution in [2.24, 2.45) is 5.92 Å². The molecule has 0 radical (unpaired) electrons. The Morgan fingerprint density at radius 1 is 1.00 bits per heavy atom. The van der Waals surface area contributed by atoms with Crippen LogP contribution in [0, 0.1) is 19.8 Å². The van der Waals surface area contributed by atoms with E-state index in [4.69, 9.17) is 4.98 Å². The first kappa shape index (κ1) is 28.7. The van der Waals surface area contributed by atoms with Crippen molar-refractivity contribution in [2.45, 2.75) is 44.8 Å². The first-order valence-corrected chi connectivity index (χ1v) is 14.0. The Labute approximate surface area is 232 Å². The molecule has 0 atom stereocenters. The van der Waals surface area contributed by atoms with Crippen molar-refractivity contribution in [1.29, 1.82) is 0 Å². The highest BCUT2D eigenvalue weighted by atomic mass is 32.2. The molecular weight excluding hydrogens is 523 g/mol. The van der Waals surface area contributed by atoms with E-state index in [1.54, 1.807) is 6.07 Å². The van der Waals surface area contributed by atoms with Gasteiger partial charge in [-0.1, -0.05) is 43.8 Å². The van der Waals surface area contributed by atoms with Crippen molar-refractivity contribution in [3.63, 3.8) is 0 Å². The zero-order valence-corrected chi connectivity index (χ0v) is 23.5. The van der Waals surface area contributed by atoms with Crippen LogP contribution in [0.15, 0.2) is 53.7 Å². The number of nitrogens with one attached hydrogen (secondary N) is 1. The van der Waals surface area contributed by atoms with Crippen LogP contribution >= 0.6 is 11.8 Å². The van der Waals surface area contributed by atoms with Crippen LogP contribution < -0.4 is 15.1 Å². The summed E-state index contributed by atoms with van der Waals surface area (Å²) in [5.74, 6) is 1.78. The lowest BCUT2D eigenvalue weighted by Gasteiger charge is -2.37. The Morgan fingerprint density at radius 3 is 2.38 bits per heavy atom. The number of amides is 1. The van der Waals surface area contributed by atoms with Crippen LogP contribution in [0.1, 0.15) is 46.6 Å². The minimum Gasteiger partial charge on any atom is -0.368 e. The van der Waals surface area contributed by atoms with Gasteiger partial charge >= 0.3 is 6.18 Å². The molecule has 208 valence electrons. The quantitative estimate of drug-likeness (QED) is 0.266. The summed E-state index contributed by atoms with van der Waals surface area (Å²) in [5.41, 5.74) is 3.48. The Hall–Kier alpha value is -3.27. The molecule has 0 spiro atoms. The number of halogens is 3. The summed E-state index contributed by atoms with van der Waals surface area (Å²) in [5, 5.41) is 3.61. The van der Waals surface area contributed by atoms with E-state index in [0.29, 0.717) is 60.8 Å². The van der Waals surface area contributed by atoms with Gasteiger partial charge in [0.1, 0.15) is 5.82 Å². The van der Waals surface area contributed by atoms with Gasteiger partial charge in [-0.3, -0.25) is 4.79 Å². The third-order valence-corrected chi connectivity index (χ3v) is 7.61. The van der Waals surface area contributed by atoms with Crippen LogP contribution in [0.25, 0.3) is 0 Å². The number of thioether (sulfide) groups is 1. The van der Waals surface area contributed by atoms with E-state index >= 15 is 0 Å². The van der Waals surface area contributed by atoms with Crippen LogP contribution in [-0.4, -0.2) is 48.6 Å². The van der Waals surface area contributed by atoms with Crippen molar-refractivity contribution in [1.82, 2.24) is 15.3 Å². The van der Waals surface area contributed by atoms with E-state index in [2.05, 4.69) is 29.0 Å². The minimum absolute atomic E-state index is 0.0791. The number of alkyl halides is 3. The molecule has 1 saturated heterocycles. The molecule has 6 nitrogen and oxygen atoms in total. The van der Waals surface area contributed by atoms with Crippen molar-refractivity contribution in [3.8, 4) is 0 Å². The van der Waals surface area contributed by atoms with Crippen LogP contribution in [0.5, 0.6) is 0 Å². The fraction of sp³-hybridized carbons (Fsp3) is 0.414. The number of aromatic nitrogens is 2. The van der Waals surface area contributed by atoms with E-state index in [0.717, 1.165) is 28.7 Å². The summed E-state index contributed by atoms with van der Waals surface area (Å²) in [6, 6.07) is 13.1. The number of carbonyl (C=O) groups is 1. The molecule has 2 aromatic carbocycles. The zero-order valence-electron chi connectivity index (χ0n) is 22.7. The summed E-state index contributed by atoms with van der Waals surface area (Å²) >= 11 is 1.52. The number of benzene rings is 2. The molecule has 0 bridgehead atoms. The molecule has 10 heteroatoms. The first-order chi connectivity index (χ1) is 18.5. The summed E-state index contributed by atoms with van der Waals surface area (Å²) in [6.07, 6.45) is -4.36. The Bertz CT molecular complexity index is 1310. The molecule has 0 unspecified atom stereocenters. The molecular formula is C29H34F3N5OS. The van der Waals surface area contributed by atoms with E-state index in [-0.39, 0.29) is 5.91 Å². The summed E-state index contributed by atoms with van der Waals surface area (Å²) in [4.78, 5) is 26.1. The molecule has 1 aliphatic heterocycles. The first-order valence-electron chi connectivity index (χ1n) is 13.0. The molecule has 2 heterocycles. The van der Waals surface area contributed by atoms with Gasteiger partial charge in [0.25, 0.3) is 5.91 Å². The Morgan fingerprint density at radius 2 is 1.69 bits per heavy atom. The topological polar surface area (TPSA) is 61.4 Å². The second kappa shape index (κ2) is 12.3. The molecule has 0 aliphatic carbocycles. The summed E-state index contributed by atoms with van der Waals surface area (Å²) < 4.78 is 39.5. The Kier molecular flexibility index (Phi) is 9.04. The van der Waals surface area contributed by atoms with Gasteiger partial charge in [0, 0.05) is 61.0 Å². The highest BCUT2D eigenvalue weighted by molar-refractivity contribution is 7.98. The number of hydrogen-bond acceptors (Lipinski definition) is 6. The van der Waals surface area contributed by atoms with Gasteiger partial charge in [-0.25, -0.2) is 9.97 Å². The lowest BCUT2D eigenvalue weighted by molar-refractivity contribution is -0.137. The zero-order chi connectivity index (χ0) is 28.2. The Balaban J connectivity index is 1.41. The fourth-order valence-corrected chi connectivity index (χ4v) is 5.19. The largest absolute Gasteiger partial charge is 0.416 e. The van der Waals surface area contributed by atoms with Crippen molar-refractivity contribution >= 4 is 29.2 Å². The standard InChI is InChI=1S/C29H34F3N5OS/c1-19(2)17-33-27(38)23-8-5-7-22(15-23)18-39-28-34-21(4)20(3)26(35-28)37-13-11-36(12-14-37)25-10-6-9-24(16-25)29(30,31)32/h5-10,15-16,19H,11-14,17-18H2,1-4H3,(H,33,38). The van der Waals surface area contributed by atoms with Crippen LogP contribution in [0.2, 0.25) is 0 Å². The minimum atomic E-state index is -4.36. The molecule has 4 rings (SSSR count). The van der Waals surface area contributed by atoms with Gasteiger partial charge in [-0.15, -0.1) is 0 Å². The number of anilines is 2. The number of rotatable bonds is 8. The molecule has 1 aliphatic rings. The highest BCUT2D eigenvalue weighted by Crippen LogP contribution is 2.32. The second-order valence-corrected chi connectivity index (χ2v) is 11.1. The number of carbonyl (C=O) groups excluding carboxylic acids is 1. The van der Waals surface area contributed by atoms with Crippen LogP contribution in [0.4, 0.5) is 24.7 Å². The molecule has 1 N–H and O–H groups in total. The normalized spacial score (nSPS) is 14.2. The second-order valence-electron chi connectivity index (χ2n) is 10.2. The lowest BCUT2D eigenvalue weighted by atomic mass is 10.1. The predicted molar refractivity (Wildman–Crippen MR) is 151 cm³/mol. The molecule has 3 aromatic rings. The lowest BCUT2D eigenvalue weighted by Crippen LogP contribution is -2.47. The van der Waals surface area contributed by atoms with Crippen molar-refractivity contribution in [3.05, 3.63) is 76.5 Å². The molecule has 39 heavy (non-hydrogen) atoms. The van der Waals surface area contributed by atoms with E-state index in [1.807, 2.05) is 43.0 Å². The summed E-state index contributed by atoms with van der Waals surface area (Å²) in [6.45, 7) is 11.2. The van der Waals surface area contributed by atoms with Crippen LogP contribution in [-0.2, 0) is 11.9 Å². The van der Waals surface area contributed by atoms with Crippen molar-refractivity contribution in [2.75, 3.05) is 42.5 Å². The maximum atomic E-state index is 13.2. The highest BCUT2D eigenvalue weighted by Gasteiger charge is 2.31. The van der Waals surface area contributed by atoms with Gasteiger partial charge in [0.15, 0.2) is 5.16 Å². The predicted octanol–water partition coefficient (Wildman–Crippen LogP) is 6.12. The van der Waals surface area contributed by atoms with Gasteiger partial charge in [-0.2, -0.15) is 13.2 Å². The smallest absolute Gasteiger partial charge is 0.368 e. The molecule has 1 aromatic heterocycles. The maximum Gasteiger partial charge on any atom is 0.416 e. The number of hydrogen-bond donors (Lipinski definition) is 1. The SMILES string of the molecule is Cc1nc(SCc2cccc(C(=O)NCC(C)C)c2)nc(N2CCN(c3cccc(C(F)(F)F)c3)CC2)c1C. The fourth-order valence-electron chi connectivity index (χ4n) is 4.37. The van der Waals surface area contributed by atoms with Crippen molar-refractivity contribution < 1.29 is 18.0 Å². The van der Waals surface area contributed by atoms with Gasteiger partial charge in [-0.05, 0) is 55.7 Å². The molecule has 1 fully saturated rings. The average molecular weight is 558 g/mol. The molecule has 0 saturated carbocycles. The monoisotopic (exact) mass is 557 g/mol. The van der Waals surface area contributed by atoms with E-state index in [1.165, 1.54) is 23.9 Å². The van der Waals surface area contributed by atoms with Gasteiger partial charge in [0.05, 0.1) is 5.56 Å². The van der Waals surface area contributed by atoms with Gasteiger partial charge in [0.2, 0.25) is 0 Å². The maximum absolute atomic E-state index is 13.2. The van der Waals surface area contributed by atoms with E-state index in [9.17, 15) is 18.0 Å².